The highest BCUT2D eigenvalue weighted by molar-refractivity contribution is 6.09. The molecule has 0 unspecified atom stereocenters. The summed E-state index contributed by atoms with van der Waals surface area (Å²) in [5, 5.41) is 4.68. The first-order valence-corrected chi connectivity index (χ1v) is 7.75. The molecule has 3 aromatic rings. The van der Waals surface area contributed by atoms with Crippen LogP contribution in [0.4, 0.5) is 18.9 Å². The van der Waals surface area contributed by atoms with E-state index in [2.05, 4.69) is 22.2 Å². The van der Waals surface area contributed by atoms with Gasteiger partial charge in [-0.15, -0.1) is 6.58 Å². The zero-order chi connectivity index (χ0) is 19.6. The average molecular weight is 374 g/mol. The number of carbonyl (C=O) groups is 2. The van der Waals surface area contributed by atoms with Crippen molar-refractivity contribution in [2.24, 2.45) is 0 Å². The molecule has 0 aliphatic rings. The van der Waals surface area contributed by atoms with Crippen LogP contribution in [-0.4, -0.2) is 27.7 Å². The first kappa shape index (κ1) is 18.2. The third-order valence-corrected chi connectivity index (χ3v) is 3.66. The van der Waals surface area contributed by atoms with Crippen molar-refractivity contribution in [2.45, 2.75) is 0 Å². The summed E-state index contributed by atoms with van der Waals surface area (Å²) in [4.78, 5) is 28.8. The number of aromatic nitrogens is 2. The van der Waals surface area contributed by atoms with Crippen LogP contribution < -0.4 is 10.6 Å². The number of hydrogen-bond acceptors (Lipinski definition) is 3. The van der Waals surface area contributed by atoms with Gasteiger partial charge in [0, 0.05) is 12.7 Å². The van der Waals surface area contributed by atoms with Crippen molar-refractivity contribution in [3.05, 3.63) is 78.2 Å². The molecule has 6 nitrogen and oxygen atoms in total. The number of halogens is 3. The Labute approximate surface area is 151 Å². The zero-order valence-electron chi connectivity index (χ0n) is 13.8. The van der Waals surface area contributed by atoms with Crippen molar-refractivity contribution in [3.8, 4) is 0 Å². The standard InChI is InChI=1S/C18H13F3N4O2/c1-2-8-22-18(27)16-24-15(12-5-3-4-9-25(12)16)17(26)23-11-7-6-10(19)13(20)14(11)21/h2-7,9H,1,8H2,(H,22,27)(H,23,26). The minimum Gasteiger partial charge on any atom is -0.346 e. The van der Waals surface area contributed by atoms with Gasteiger partial charge in [0.05, 0.1) is 11.2 Å². The van der Waals surface area contributed by atoms with Crippen LogP contribution >= 0.6 is 0 Å². The summed E-state index contributed by atoms with van der Waals surface area (Å²) in [5.41, 5.74) is -0.445. The number of fused-ring (bicyclic) bond motifs is 1. The van der Waals surface area contributed by atoms with Crippen molar-refractivity contribution in [1.29, 1.82) is 0 Å². The van der Waals surface area contributed by atoms with E-state index in [1.807, 2.05) is 0 Å². The Morgan fingerprint density at radius 2 is 1.89 bits per heavy atom. The van der Waals surface area contributed by atoms with Gasteiger partial charge in [0.25, 0.3) is 11.8 Å². The van der Waals surface area contributed by atoms with Gasteiger partial charge in [0.15, 0.2) is 23.1 Å². The lowest BCUT2D eigenvalue weighted by Crippen LogP contribution is -2.25. The molecule has 9 heteroatoms. The van der Waals surface area contributed by atoms with Gasteiger partial charge in [-0.1, -0.05) is 12.1 Å². The van der Waals surface area contributed by atoms with E-state index in [-0.39, 0.29) is 23.6 Å². The van der Waals surface area contributed by atoms with Crippen LogP contribution in [0.1, 0.15) is 21.1 Å². The summed E-state index contributed by atoms with van der Waals surface area (Å²) in [6.07, 6.45) is 3.01. The molecule has 2 aromatic heterocycles. The molecule has 0 radical (unpaired) electrons. The SMILES string of the molecule is C=CCNC(=O)c1nc(C(=O)Nc2ccc(F)c(F)c2F)c2ccccn12. The van der Waals surface area contributed by atoms with E-state index >= 15 is 0 Å². The third-order valence-electron chi connectivity index (χ3n) is 3.66. The second kappa shape index (κ2) is 7.32. The molecule has 3 rings (SSSR count). The lowest BCUT2D eigenvalue weighted by Gasteiger charge is -2.06. The molecule has 0 aliphatic carbocycles. The van der Waals surface area contributed by atoms with Gasteiger partial charge >= 0.3 is 0 Å². The molecule has 0 saturated carbocycles. The maximum atomic E-state index is 13.8. The first-order chi connectivity index (χ1) is 12.9. The molecular formula is C18H13F3N4O2. The number of amides is 2. The fourth-order valence-electron chi connectivity index (χ4n) is 2.41. The van der Waals surface area contributed by atoms with Gasteiger partial charge in [0.2, 0.25) is 5.82 Å². The Hall–Kier alpha value is -3.62. The average Bonchev–Trinajstić information content (AvgIpc) is 3.06. The van der Waals surface area contributed by atoms with E-state index in [9.17, 15) is 22.8 Å². The van der Waals surface area contributed by atoms with E-state index in [0.29, 0.717) is 6.07 Å². The largest absolute Gasteiger partial charge is 0.346 e. The molecule has 0 atom stereocenters. The molecule has 0 fully saturated rings. The quantitative estimate of drug-likeness (QED) is 0.533. The molecular weight excluding hydrogens is 361 g/mol. The Morgan fingerprint density at radius 1 is 1.11 bits per heavy atom. The van der Waals surface area contributed by atoms with Crippen molar-refractivity contribution >= 4 is 23.0 Å². The predicted molar refractivity (Wildman–Crippen MR) is 92.0 cm³/mol. The number of nitrogens with one attached hydrogen (secondary N) is 2. The van der Waals surface area contributed by atoms with Crippen LogP contribution in [-0.2, 0) is 0 Å². The Morgan fingerprint density at radius 3 is 2.63 bits per heavy atom. The second-order valence-electron chi connectivity index (χ2n) is 5.42. The Balaban J connectivity index is 1.99. The summed E-state index contributed by atoms with van der Waals surface area (Å²) < 4.78 is 41.6. The number of nitrogens with zero attached hydrogens (tertiary/aromatic N) is 2. The summed E-state index contributed by atoms with van der Waals surface area (Å²) in [5.74, 6) is -6.11. The number of rotatable bonds is 5. The van der Waals surface area contributed by atoms with Gasteiger partial charge in [-0.05, 0) is 24.3 Å². The molecule has 2 heterocycles. The number of imidazole rings is 1. The molecule has 27 heavy (non-hydrogen) atoms. The molecule has 0 aliphatic heterocycles. The van der Waals surface area contributed by atoms with Crippen molar-refractivity contribution in [1.82, 2.24) is 14.7 Å². The first-order valence-electron chi connectivity index (χ1n) is 7.75. The topological polar surface area (TPSA) is 75.5 Å². The van der Waals surface area contributed by atoms with Crippen molar-refractivity contribution in [3.63, 3.8) is 0 Å². The van der Waals surface area contributed by atoms with Crippen LogP contribution in [0.25, 0.3) is 5.52 Å². The molecule has 2 amide bonds. The van der Waals surface area contributed by atoms with Gasteiger partial charge in [-0.2, -0.15) is 0 Å². The maximum Gasteiger partial charge on any atom is 0.287 e. The fourth-order valence-corrected chi connectivity index (χ4v) is 2.41. The van der Waals surface area contributed by atoms with Gasteiger partial charge in [0.1, 0.15) is 0 Å². The van der Waals surface area contributed by atoms with E-state index in [4.69, 9.17) is 0 Å². The highest BCUT2D eigenvalue weighted by Gasteiger charge is 2.23. The Bertz CT molecular complexity index is 1060. The fraction of sp³-hybridized carbons (Fsp3) is 0.0556. The van der Waals surface area contributed by atoms with Crippen LogP contribution in [0.15, 0.2) is 49.2 Å². The zero-order valence-corrected chi connectivity index (χ0v) is 13.8. The highest BCUT2D eigenvalue weighted by atomic mass is 19.2. The van der Waals surface area contributed by atoms with E-state index in [1.165, 1.54) is 22.7 Å². The van der Waals surface area contributed by atoms with Crippen LogP contribution in [0, 0.1) is 17.5 Å². The van der Waals surface area contributed by atoms with Gasteiger partial charge in [-0.3, -0.25) is 14.0 Å². The van der Waals surface area contributed by atoms with Crippen molar-refractivity contribution in [2.75, 3.05) is 11.9 Å². The lowest BCUT2D eigenvalue weighted by atomic mass is 10.2. The monoisotopic (exact) mass is 374 g/mol. The summed E-state index contributed by atoms with van der Waals surface area (Å²) in [7, 11) is 0. The Kier molecular flexibility index (Phi) is 4.93. The van der Waals surface area contributed by atoms with E-state index in [0.717, 1.165) is 6.07 Å². The number of benzene rings is 1. The van der Waals surface area contributed by atoms with E-state index < -0.39 is 35.0 Å². The number of carbonyl (C=O) groups excluding carboxylic acids is 2. The summed E-state index contributed by atoms with van der Waals surface area (Å²) in [6, 6.07) is 6.37. The minimum atomic E-state index is -1.70. The summed E-state index contributed by atoms with van der Waals surface area (Å²) >= 11 is 0. The molecule has 0 spiro atoms. The van der Waals surface area contributed by atoms with E-state index in [1.54, 1.807) is 12.1 Å². The summed E-state index contributed by atoms with van der Waals surface area (Å²) in [6.45, 7) is 3.69. The number of hydrogen-bond donors (Lipinski definition) is 2. The van der Waals surface area contributed by atoms with Crippen LogP contribution in [0.2, 0.25) is 0 Å². The molecule has 0 bridgehead atoms. The molecule has 0 saturated heterocycles. The van der Waals surface area contributed by atoms with Gasteiger partial charge in [-0.25, -0.2) is 18.2 Å². The second-order valence-corrected chi connectivity index (χ2v) is 5.42. The lowest BCUT2D eigenvalue weighted by molar-refractivity contribution is 0.0947. The molecule has 138 valence electrons. The van der Waals surface area contributed by atoms with Crippen molar-refractivity contribution < 1.29 is 22.8 Å². The normalized spacial score (nSPS) is 10.6. The predicted octanol–water partition coefficient (Wildman–Crippen LogP) is 2.92. The number of anilines is 1. The number of pyridine rings is 1. The smallest absolute Gasteiger partial charge is 0.287 e. The molecule has 2 N–H and O–H groups in total. The highest BCUT2D eigenvalue weighted by Crippen LogP contribution is 2.21. The van der Waals surface area contributed by atoms with Crippen LogP contribution in [0.3, 0.4) is 0 Å². The van der Waals surface area contributed by atoms with Crippen LogP contribution in [0.5, 0.6) is 0 Å². The van der Waals surface area contributed by atoms with Gasteiger partial charge < -0.3 is 10.6 Å². The minimum absolute atomic E-state index is 0.0663. The maximum absolute atomic E-state index is 13.8. The third kappa shape index (κ3) is 3.39. The molecule has 1 aromatic carbocycles.